The summed E-state index contributed by atoms with van der Waals surface area (Å²) < 4.78 is 2.17. The summed E-state index contributed by atoms with van der Waals surface area (Å²) in [5.74, 6) is 0.900. The van der Waals surface area contributed by atoms with Gasteiger partial charge in [0.25, 0.3) is 0 Å². The Balaban J connectivity index is 1.32. The summed E-state index contributed by atoms with van der Waals surface area (Å²) in [6.45, 7) is 1.00. The van der Waals surface area contributed by atoms with Crippen LogP contribution in [0.1, 0.15) is 23.2 Å². The van der Waals surface area contributed by atoms with Gasteiger partial charge >= 0.3 is 0 Å². The van der Waals surface area contributed by atoms with Gasteiger partial charge in [-0.3, -0.25) is 9.59 Å². The fraction of sp³-hybridized carbons (Fsp3) is 0.190. The molecule has 0 fully saturated rings. The zero-order valence-electron chi connectivity index (χ0n) is 14.7. The molecule has 1 aliphatic heterocycles. The lowest BCUT2D eigenvalue weighted by molar-refractivity contribution is -0.116. The third kappa shape index (κ3) is 4.11. The van der Waals surface area contributed by atoms with E-state index in [-0.39, 0.29) is 24.5 Å². The Bertz CT molecular complexity index is 943. The van der Waals surface area contributed by atoms with Gasteiger partial charge in [0.1, 0.15) is 0 Å². The maximum Gasteiger partial charge on any atom is 0.224 e. The van der Waals surface area contributed by atoms with Crippen LogP contribution in [0.5, 0.6) is 0 Å². The second kappa shape index (κ2) is 7.80. The number of imidazole rings is 1. The quantitative estimate of drug-likeness (QED) is 0.652. The largest absolute Gasteiger partial charge is 0.326 e. The first kappa shape index (κ1) is 17.5. The van der Waals surface area contributed by atoms with Crippen LogP contribution < -0.4 is 5.32 Å². The molecule has 3 aromatic rings. The second-order valence-electron chi connectivity index (χ2n) is 6.37. The van der Waals surface area contributed by atoms with Gasteiger partial charge in [0, 0.05) is 48.2 Å². The van der Waals surface area contributed by atoms with E-state index in [0.717, 1.165) is 34.4 Å². The van der Waals surface area contributed by atoms with Crippen LogP contribution in [0.4, 0.5) is 5.69 Å². The van der Waals surface area contributed by atoms with Gasteiger partial charge in [0.05, 0.1) is 5.69 Å². The Morgan fingerprint density at radius 3 is 2.56 bits per heavy atom. The molecule has 0 bridgehead atoms. The monoisotopic (exact) mass is 377 g/mol. The summed E-state index contributed by atoms with van der Waals surface area (Å²) in [5, 5.41) is 3.91. The zero-order chi connectivity index (χ0) is 18.6. The van der Waals surface area contributed by atoms with Crippen LogP contribution in [-0.4, -0.2) is 27.0 Å². The molecule has 2 aromatic carbocycles. The average Bonchev–Trinajstić information content (AvgIpc) is 3.30. The summed E-state index contributed by atoms with van der Waals surface area (Å²) in [6.07, 6.45) is 2.43. The minimum Gasteiger partial charge on any atom is -0.326 e. The minimum atomic E-state index is -0.163. The molecule has 0 spiro atoms. The van der Waals surface area contributed by atoms with E-state index in [0.29, 0.717) is 5.56 Å². The molecule has 2 heterocycles. The van der Waals surface area contributed by atoms with Gasteiger partial charge in [0.15, 0.2) is 10.9 Å². The van der Waals surface area contributed by atoms with Crippen LogP contribution in [0.25, 0.3) is 11.3 Å². The van der Waals surface area contributed by atoms with Gasteiger partial charge in [-0.2, -0.15) is 0 Å². The van der Waals surface area contributed by atoms with E-state index in [1.54, 1.807) is 23.9 Å². The number of amides is 1. The van der Waals surface area contributed by atoms with Crippen molar-refractivity contribution in [2.24, 2.45) is 0 Å². The third-order valence-corrected chi connectivity index (χ3v) is 5.41. The topological polar surface area (TPSA) is 64.0 Å². The number of thioether (sulfide) groups is 1. The molecule has 4 rings (SSSR count). The van der Waals surface area contributed by atoms with Crippen molar-refractivity contribution in [3.8, 4) is 11.3 Å². The van der Waals surface area contributed by atoms with Crippen LogP contribution in [0, 0.1) is 0 Å². The number of carbonyl (C=O) groups excluding carboxylic acids is 2. The predicted molar refractivity (Wildman–Crippen MR) is 107 cm³/mol. The van der Waals surface area contributed by atoms with Gasteiger partial charge in [-0.25, -0.2) is 4.98 Å². The van der Waals surface area contributed by atoms with E-state index in [9.17, 15) is 9.59 Å². The number of Topliss-reactive ketones (excluding diaryl/α,β-unsaturated/α-hetero) is 1. The fourth-order valence-corrected chi connectivity index (χ4v) is 3.94. The van der Waals surface area contributed by atoms with Gasteiger partial charge in [-0.15, -0.1) is 0 Å². The van der Waals surface area contributed by atoms with Crippen molar-refractivity contribution in [1.29, 1.82) is 0 Å². The highest BCUT2D eigenvalue weighted by atomic mass is 32.2. The molecule has 5 nitrogen and oxygen atoms in total. The number of hydrogen-bond acceptors (Lipinski definition) is 4. The van der Waals surface area contributed by atoms with Crippen molar-refractivity contribution in [3.63, 3.8) is 0 Å². The molecule has 1 amide bonds. The fourth-order valence-electron chi connectivity index (χ4n) is 2.99. The van der Waals surface area contributed by atoms with E-state index in [2.05, 4.69) is 21.1 Å². The standard InChI is InChI=1S/C21H19N3O2S/c25-19(16-4-2-1-3-5-16)10-11-20(26)22-17-8-6-15(7-9-17)18-14-24-12-13-27-21(24)23-18/h1-9,14H,10-13H2,(H,22,26). The van der Waals surface area contributed by atoms with Gasteiger partial charge in [-0.1, -0.05) is 54.2 Å². The van der Waals surface area contributed by atoms with E-state index >= 15 is 0 Å². The van der Waals surface area contributed by atoms with Crippen molar-refractivity contribution >= 4 is 29.1 Å². The van der Waals surface area contributed by atoms with Crippen molar-refractivity contribution in [2.45, 2.75) is 24.5 Å². The number of rotatable bonds is 6. The molecule has 0 radical (unpaired) electrons. The summed E-state index contributed by atoms with van der Waals surface area (Å²) >= 11 is 1.77. The molecule has 0 saturated carbocycles. The highest BCUT2D eigenvalue weighted by molar-refractivity contribution is 7.99. The summed E-state index contributed by atoms with van der Waals surface area (Å²) in [5.41, 5.74) is 3.33. The number of aromatic nitrogens is 2. The summed E-state index contributed by atoms with van der Waals surface area (Å²) in [6, 6.07) is 16.7. The van der Waals surface area contributed by atoms with Crippen LogP contribution in [0.3, 0.4) is 0 Å². The molecule has 0 atom stereocenters. The molecule has 1 aliphatic rings. The van der Waals surface area contributed by atoms with E-state index < -0.39 is 0 Å². The maximum atomic E-state index is 12.1. The number of anilines is 1. The van der Waals surface area contributed by atoms with Gasteiger partial charge in [-0.05, 0) is 12.1 Å². The molecule has 0 unspecified atom stereocenters. The predicted octanol–water partition coefficient (Wildman–Crippen LogP) is 4.26. The maximum absolute atomic E-state index is 12.1. The van der Waals surface area contributed by atoms with E-state index in [4.69, 9.17) is 0 Å². The Labute approximate surface area is 161 Å². The molecule has 27 heavy (non-hydrogen) atoms. The first-order chi connectivity index (χ1) is 13.2. The number of benzene rings is 2. The number of aryl methyl sites for hydroxylation is 1. The highest BCUT2D eigenvalue weighted by Crippen LogP contribution is 2.29. The summed E-state index contributed by atoms with van der Waals surface area (Å²) in [7, 11) is 0. The molecule has 0 saturated heterocycles. The van der Waals surface area contributed by atoms with Crippen molar-refractivity contribution in [1.82, 2.24) is 9.55 Å². The first-order valence-electron chi connectivity index (χ1n) is 8.87. The Morgan fingerprint density at radius 1 is 1.04 bits per heavy atom. The normalized spacial score (nSPS) is 12.6. The van der Waals surface area contributed by atoms with Crippen LogP contribution >= 0.6 is 11.8 Å². The highest BCUT2D eigenvalue weighted by Gasteiger charge is 2.15. The lowest BCUT2D eigenvalue weighted by Crippen LogP contribution is -2.13. The molecule has 1 N–H and O–H groups in total. The van der Waals surface area contributed by atoms with Crippen molar-refractivity contribution < 1.29 is 9.59 Å². The number of hydrogen-bond donors (Lipinski definition) is 1. The second-order valence-corrected chi connectivity index (χ2v) is 7.43. The molecular weight excluding hydrogens is 358 g/mol. The van der Waals surface area contributed by atoms with Crippen LogP contribution in [-0.2, 0) is 11.3 Å². The van der Waals surface area contributed by atoms with Gasteiger partial charge < -0.3 is 9.88 Å². The number of nitrogens with one attached hydrogen (secondary N) is 1. The minimum absolute atomic E-state index is 0.0215. The molecule has 6 heteroatoms. The number of carbonyl (C=O) groups is 2. The molecule has 1 aromatic heterocycles. The Morgan fingerprint density at radius 2 is 1.81 bits per heavy atom. The lowest BCUT2D eigenvalue weighted by atomic mass is 10.1. The molecular formula is C21H19N3O2S. The smallest absolute Gasteiger partial charge is 0.224 e. The third-order valence-electron chi connectivity index (χ3n) is 4.44. The SMILES string of the molecule is O=C(CCC(=O)c1ccccc1)Nc1ccc(-c2cn3c(n2)SCC3)cc1. The van der Waals surface area contributed by atoms with Gasteiger partial charge in [0.2, 0.25) is 5.91 Å². The van der Waals surface area contributed by atoms with Crippen molar-refractivity contribution in [3.05, 3.63) is 66.4 Å². The number of ketones is 1. The van der Waals surface area contributed by atoms with E-state index in [1.165, 1.54) is 0 Å². The molecule has 0 aliphatic carbocycles. The first-order valence-corrected chi connectivity index (χ1v) is 9.86. The number of fused-ring (bicyclic) bond motifs is 1. The van der Waals surface area contributed by atoms with Crippen LogP contribution in [0.2, 0.25) is 0 Å². The molecule has 136 valence electrons. The van der Waals surface area contributed by atoms with E-state index in [1.807, 2.05) is 42.5 Å². The average molecular weight is 377 g/mol. The summed E-state index contributed by atoms with van der Waals surface area (Å²) in [4.78, 5) is 28.8. The lowest BCUT2D eigenvalue weighted by Gasteiger charge is -2.06. The number of nitrogens with zero attached hydrogens (tertiary/aromatic N) is 2. The zero-order valence-corrected chi connectivity index (χ0v) is 15.5. The van der Waals surface area contributed by atoms with Crippen LogP contribution in [0.15, 0.2) is 66.0 Å². The Kier molecular flexibility index (Phi) is 5.07. The Hall–Kier alpha value is -2.86. The van der Waals surface area contributed by atoms with Crippen molar-refractivity contribution in [2.75, 3.05) is 11.1 Å².